The molecule has 1 unspecified atom stereocenters. The van der Waals surface area contributed by atoms with Crippen molar-refractivity contribution in [2.75, 3.05) is 6.54 Å². The molecule has 1 aromatic rings. The van der Waals surface area contributed by atoms with Gasteiger partial charge in [-0.1, -0.05) is 17.2 Å². The van der Waals surface area contributed by atoms with Crippen LogP contribution in [0.15, 0.2) is 18.2 Å². The molecule has 0 heterocycles. The van der Waals surface area contributed by atoms with Crippen molar-refractivity contribution >= 4 is 11.8 Å². The van der Waals surface area contributed by atoms with Gasteiger partial charge in [-0.15, -0.1) is 0 Å². The molecule has 0 aliphatic heterocycles. The van der Waals surface area contributed by atoms with Crippen molar-refractivity contribution < 1.29 is 9.59 Å². The van der Waals surface area contributed by atoms with E-state index < -0.39 is 6.04 Å². The predicted molar refractivity (Wildman–Crippen MR) is 71.5 cm³/mol. The van der Waals surface area contributed by atoms with Gasteiger partial charge < -0.3 is 10.6 Å². The van der Waals surface area contributed by atoms with Crippen LogP contribution in [0.4, 0.5) is 0 Å². The van der Waals surface area contributed by atoms with Crippen molar-refractivity contribution in [2.45, 2.75) is 33.7 Å². The van der Waals surface area contributed by atoms with Crippen molar-refractivity contribution in [3.63, 3.8) is 0 Å². The SMILES string of the molecule is CCNC(=O)C(C)NC(=O)c1cc(C)cc(C)c1. The Bertz CT molecular complexity index is 435. The lowest BCUT2D eigenvalue weighted by atomic mass is 10.1. The molecule has 2 amide bonds. The Morgan fingerprint density at radius 1 is 1.17 bits per heavy atom. The first-order valence-corrected chi connectivity index (χ1v) is 6.11. The maximum atomic E-state index is 12.0. The van der Waals surface area contributed by atoms with E-state index in [1.165, 1.54) is 0 Å². The average Bonchev–Trinajstić information content (AvgIpc) is 2.27. The number of likely N-dealkylation sites (N-methyl/N-ethyl adjacent to an activating group) is 1. The molecule has 0 saturated heterocycles. The van der Waals surface area contributed by atoms with Crippen LogP contribution < -0.4 is 10.6 Å². The molecule has 0 radical (unpaired) electrons. The van der Waals surface area contributed by atoms with Crippen molar-refractivity contribution in [3.8, 4) is 0 Å². The highest BCUT2D eigenvalue weighted by Gasteiger charge is 2.15. The topological polar surface area (TPSA) is 58.2 Å². The fraction of sp³-hybridized carbons (Fsp3) is 0.429. The van der Waals surface area contributed by atoms with Crippen molar-refractivity contribution in [1.82, 2.24) is 10.6 Å². The molecule has 18 heavy (non-hydrogen) atoms. The molecule has 0 aliphatic carbocycles. The van der Waals surface area contributed by atoms with Gasteiger partial charge in [0.2, 0.25) is 5.91 Å². The van der Waals surface area contributed by atoms with Gasteiger partial charge in [0.05, 0.1) is 0 Å². The summed E-state index contributed by atoms with van der Waals surface area (Å²) in [6.07, 6.45) is 0. The van der Waals surface area contributed by atoms with Gasteiger partial charge >= 0.3 is 0 Å². The zero-order chi connectivity index (χ0) is 13.7. The summed E-state index contributed by atoms with van der Waals surface area (Å²) >= 11 is 0. The largest absolute Gasteiger partial charge is 0.355 e. The minimum atomic E-state index is -0.529. The minimum Gasteiger partial charge on any atom is -0.355 e. The van der Waals surface area contributed by atoms with E-state index in [0.29, 0.717) is 12.1 Å². The lowest BCUT2D eigenvalue weighted by Gasteiger charge is -2.13. The molecule has 0 bridgehead atoms. The predicted octanol–water partition coefficient (Wildman–Crippen LogP) is 1.56. The Morgan fingerprint density at radius 3 is 2.22 bits per heavy atom. The van der Waals surface area contributed by atoms with Gasteiger partial charge in [-0.2, -0.15) is 0 Å². The summed E-state index contributed by atoms with van der Waals surface area (Å²) in [5, 5.41) is 5.36. The average molecular weight is 248 g/mol. The number of rotatable bonds is 4. The second-order valence-corrected chi connectivity index (χ2v) is 4.47. The molecule has 0 aromatic heterocycles. The number of carbonyl (C=O) groups excluding carboxylic acids is 2. The molecule has 98 valence electrons. The Hall–Kier alpha value is -1.84. The van der Waals surface area contributed by atoms with Crippen molar-refractivity contribution in [1.29, 1.82) is 0 Å². The molecule has 4 heteroatoms. The van der Waals surface area contributed by atoms with E-state index in [4.69, 9.17) is 0 Å². The zero-order valence-electron chi connectivity index (χ0n) is 11.3. The zero-order valence-corrected chi connectivity index (χ0v) is 11.3. The summed E-state index contributed by atoms with van der Waals surface area (Å²) in [6.45, 7) is 7.96. The summed E-state index contributed by atoms with van der Waals surface area (Å²) in [7, 11) is 0. The summed E-state index contributed by atoms with van der Waals surface area (Å²) in [6, 6.07) is 5.10. The third-order valence-electron chi connectivity index (χ3n) is 2.58. The second-order valence-electron chi connectivity index (χ2n) is 4.47. The highest BCUT2D eigenvalue weighted by Crippen LogP contribution is 2.08. The smallest absolute Gasteiger partial charge is 0.251 e. The van der Waals surface area contributed by atoms with E-state index in [-0.39, 0.29) is 11.8 Å². The van der Waals surface area contributed by atoms with Crippen LogP contribution in [0.1, 0.15) is 35.3 Å². The van der Waals surface area contributed by atoms with Gasteiger partial charge in [0.25, 0.3) is 5.91 Å². The first-order valence-electron chi connectivity index (χ1n) is 6.11. The van der Waals surface area contributed by atoms with Crippen molar-refractivity contribution in [2.24, 2.45) is 0 Å². The van der Waals surface area contributed by atoms with E-state index in [9.17, 15) is 9.59 Å². The highest BCUT2D eigenvalue weighted by atomic mass is 16.2. The quantitative estimate of drug-likeness (QED) is 0.849. The minimum absolute atomic E-state index is 0.171. The van der Waals surface area contributed by atoms with E-state index >= 15 is 0 Å². The molecule has 1 atom stereocenters. The second kappa shape index (κ2) is 6.19. The van der Waals surface area contributed by atoms with Crippen LogP contribution in [0.5, 0.6) is 0 Å². The van der Waals surface area contributed by atoms with Gasteiger partial charge in [0.15, 0.2) is 0 Å². The number of aryl methyl sites for hydroxylation is 2. The molecule has 0 fully saturated rings. The Labute approximate surface area is 108 Å². The molecular weight excluding hydrogens is 228 g/mol. The number of amides is 2. The maximum Gasteiger partial charge on any atom is 0.251 e. The van der Waals surface area contributed by atoms with Crippen LogP contribution in [0.25, 0.3) is 0 Å². The molecule has 1 rings (SSSR count). The maximum absolute atomic E-state index is 12.0. The number of benzene rings is 1. The third kappa shape index (κ3) is 3.87. The standard InChI is InChI=1S/C14H20N2O2/c1-5-15-13(17)11(4)16-14(18)12-7-9(2)6-10(3)8-12/h6-8,11H,5H2,1-4H3,(H,15,17)(H,16,18). The van der Waals surface area contributed by atoms with Crippen LogP contribution >= 0.6 is 0 Å². The van der Waals surface area contributed by atoms with Crippen LogP contribution in [0.2, 0.25) is 0 Å². The van der Waals surface area contributed by atoms with Gasteiger partial charge in [0.1, 0.15) is 6.04 Å². The van der Waals surface area contributed by atoms with Crippen LogP contribution in [-0.2, 0) is 4.79 Å². The van der Waals surface area contributed by atoms with E-state index in [2.05, 4.69) is 10.6 Å². The van der Waals surface area contributed by atoms with Crippen LogP contribution in [0, 0.1) is 13.8 Å². The first kappa shape index (κ1) is 14.2. The Morgan fingerprint density at radius 2 is 1.72 bits per heavy atom. The number of hydrogen-bond donors (Lipinski definition) is 2. The molecule has 0 aliphatic rings. The van der Waals surface area contributed by atoms with E-state index in [1.807, 2.05) is 39.0 Å². The molecular formula is C14H20N2O2. The molecule has 0 saturated carbocycles. The lowest BCUT2D eigenvalue weighted by molar-refractivity contribution is -0.122. The summed E-state index contributed by atoms with van der Waals surface area (Å²) in [5.74, 6) is -0.393. The van der Waals surface area contributed by atoms with Crippen LogP contribution in [-0.4, -0.2) is 24.4 Å². The highest BCUT2D eigenvalue weighted by molar-refractivity contribution is 5.97. The van der Waals surface area contributed by atoms with Gasteiger partial charge in [-0.05, 0) is 39.8 Å². The number of nitrogens with one attached hydrogen (secondary N) is 2. The first-order chi connectivity index (χ1) is 8.43. The molecule has 0 spiro atoms. The molecule has 2 N–H and O–H groups in total. The molecule has 4 nitrogen and oxygen atoms in total. The monoisotopic (exact) mass is 248 g/mol. The number of hydrogen-bond acceptors (Lipinski definition) is 2. The Balaban J connectivity index is 2.73. The summed E-state index contributed by atoms with van der Waals surface area (Å²) < 4.78 is 0. The normalized spacial score (nSPS) is 11.8. The fourth-order valence-corrected chi connectivity index (χ4v) is 1.78. The van der Waals surface area contributed by atoms with E-state index in [0.717, 1.165) is 11.1 Å². The lowest BCUT2D eigenvalue weighted by Crippen LogP contribution is -2.44. The van der Waals surface area contributed by atoms with Gasteiger partial charge in [0, 0.05) is 12.1 Å². The number of carbonyl (C=O) groups is 2. The summed E-state index contributed by atoms with van der Waals surface area (Å²) in [5.41, 5.74) is 2.65. The molecule has 1 aromatic carbocycles. The fourth-order valence-electron chi connectivity index (χ4n) is 1.78. The Kier molecular flexibility index (Phi) is 4.89. The van der Waals surface area contributed by atoms with Crippen molar-refractivity contribution in [3.05, 3.63) is 34.9 Å². The third-order valence-corrected chi connectivity index (χ3v) is 2.58. The van der Waals surface area contributed by atoms with Crippen LogP contribution in [0.3, 0.4) is 0 Å². The van der Waals surface area contributed by atoms with E-state index in [1.54, 1.807) is 6.92 Å². The van der Waals surface area contributed by atoms with Gasteiger partial charge in [-0.3, -0.25) is 9.59 Å². The summed E-state index contributed by atoms with van der Waals surface area (Å²) in [4.78, 5) is 23.5. The van der Waals surface area contributed by atoms with Gasteiger partial charge in [-0.25, -0.2) is 0 Å².